The van der Waals surface area contributed by atoms with Crippen LogP contribution >= 0.6 is 0 Å². The van der Waals surface area contributed by atoms with Crippen LogP contribution in [-0.4, -0.2) is 34.2 Å². The highest BCUT2D eigenvalue weighted by Crippen LogP contribution is 2.52. The lowest BCUT2D eigenvalue weighted by molar-refractivity contribution is -0.137. The van der Waals surface area contributed by atoms with E-state index in [1.54, 1.807) is 47.3 Å². The topological polar surface area (TPSA) is 81.9 Å². The highest BCUT2D eigenvalue weighted by molar-refractivity contribution is 7.92. The number of allylic oxidation sites excluding steroid dienone is 1. The first-order valence-electron chi connectivity index (χ1n) is 13.7. The fourth-order valence-corrected chi connectivity index (χ4v) is 8.09. The third kappa shape index (κ3) is 4.99. The molecule has 0 amide bonds. The van der Waals surface area contributed by atoms with Crippen LogP contribution in [0.25, 0.3) is 11.8 Å². The van der Waals surface area contributed by atoms with E-state index in [4.69, 9.17) is 0 Å². The number of carbonyl (C=O) groups is 1. The molecule has 0 radical (unpaired) electrons. The van der Waals surface area contributed by atoms with Crippen molar-refractivity contribution in [2.24, 2.45) is 5.41 Å². The molecule has 4 aromatic rings. The molecule has 2 aliphatic carbocycles. The summed E-state index contributed by atoms with van der Waals surface area (Å²) in [5.41, 5.74) is 1.39. The SMILES string of the molecule is Cc1ccc(S(=O)(=O)[C@H]2CCC3=Cc4c(cnn4-c4ccc(F)cc4)C[C@]3(C(=O)c3cc(C(F)(F)F)ccn3)C2)cc1C. The van der Waals surface area contributed by atoms with Gasteiger partial charge in [0.15, 0.2) is 15.6 Å². The second kappa shape index (κ2) is 10.3. The Balaban J connectivity index is 1.47. The Hall–Kier alpha value is -4.12. The van der Waals surface area contributed by atoms with Gasteiger partial charge in [0.25, 0.3) is 0 Å². The van der Waals surface area contributed by atoms with Gasteiger partial charge in [-0.3, -0.25) is 9.78 Å². The van der Waals surface area contributed by atoms with Crippen LogP contribution in [0.2, 0.25) is 0 Å². The monoisotopic (exact) mass is 609 g/mol. The van der Waals surface area contributed by atoms with Crippen molar-refractivity contribution in [3.05, 3.63) is 112 Å². The van der Waals surface area contributed by atoms with Gasteiger partial charge in [0.1, 0.15) is 11.5 Å². The molecule has 0 saturated heterocycles. The van der Waals surface area contributed by atoms with Crippen molar-refractivity contribution in [3.63, 3.8) is 0 Å². The average Bonchev–Trinajstić information content (AvgIpc) is 3.38. The summed E-state index contributed by atoms with van der Waals surface area (Å²) in [6.45, 7) is 3.70. The molecule has 6 rings (SSSR count). The van der Waals surface area contributed by atoms with Crippen molar-refractivity contribution in [1.29, 1.82) is 0 Å². The lowest BCUT2D eigenvalue weighted by atomic mass is 9.61. The largest absolute Gasteiger partial charge is 0.416 e. The maximum Gasteiger partial charge on any atom is 0.416 e. The predicted molar refractivity (Wildman–Crippen MR) is 152 cm³/mol. The highest BCUT2D eigenvalue weighted by Gasteiger charge is 2.52. The second-order valence-corrected chi connectivity index (χ2v) is 13.5. The van der Waals surface area contributed by atoms with Crippen molar-refractivity contribution < 1.29 is 30.8 Å². The summed E-state index contributed by atoms with van der Waals surface area (Å²) in [5, 5.41) is 3.51. The Morgan fingerprint density at radius 3 is 2.47 bits per heavy atom. The number of hydrogen-bond donors (Lipinski definition) is 0. The first-order chi connectivity index (χ1) is 20.3. The maximum atomic E-state index is 14.3. The number of hydrogen-bond acceptors (Lipinski definition) is 5. The molecule has 6 nitrogen and oxygen atoms in total. The molecule has 0 unspecified atom stereocenters. The minimum absolute atomic E-state index is 0.0328. The summed E-state index contributed by atoms with van der Waals surface area (Å²) >= 11 is 0. The van der Waals surface area contributed by atoms with Gasteiger partial charge < -0.3 is 0 Å². The minimum atomic E-state index is -4.69. The van der Waals surface area contributed by atoms with Crippen molar-refractivity contribution in [2.75, 3.05) is 0 Å². The van der Waals surface area contributed by atoms with Crippen LogP contribution in [0.15, 0.2) is 77.5 Å². The molecule has 0 spiro atoms. The third-order valence-corrected chi connectivity index (χ3v) is 10.9. The van der Waals surface area contributed by atoms with E-state index in [9.17, 15) is 30.8 Å². The van der Waals surface area contributed by atoms with Gasteiger partial charge in [-0.15, -0.1) is 0 Å². The number of benzene rings is 2. The van der Waals surface area contributed by atoms with Crippen LogP contribution in [0, 0.1) is 25.1 Å². The zero-order valence-electron chi connectivity index (χ0n) is 23.3. The Bertz CT molecular complexity index is 1900. The van der Waals surface area contributed by atoms with Gasteiger partial charge in [-0.25, -0.2) is 17.5 Å². The fraction of sp³-hybridized carbons (Fsp3) is 0.281. The van der Waals surface area contributed by atoms with Gasteiger partial charge in [-0.05, 0) is 111 Å². The van der Waals surface area contributed by atoms with Gasteiger partial charge in [-0.1, -0.05) is 11.6 Å². The molecule has 2 heterocycles. The van der Waals surface area contributed by atoms with Crippen molar-refractivity contribution in [1.82, 2.24) is 14.8 Å². The molecule has 11 heteroatoms. The van der Waals surface area contributed by atoms with Crippen LogP contribution in [0.1, 0.15) is 57.7 Å². The fourth-order valence-electron chi connectivity index (χ4n) is 6.18. The summed E-state index contributed by atoms with van der Waals surface area (Å²) in [6.07, 6.45) is -0.0343. The molecule has 1 saturated carbocycles. The summed E-state index contributed by atoms with van der Waals surface area (Å²) in [5.74, 6) is -1.07. The van der Waals surface area contributed by atoms with Crippen molar-refractivity contribution in [2.45, 2.75) is 55.9 Å². The molecule has 2 atom stereocenters. The Morgan fingerprint density at radius 2 is 1.77 bits per heavy atom. The predicted octanol–water partition coefficient (Wildman–Crippen LogP) is 6.88. The molecular formula is C32H27F4N3O3S. The standard InChI is InChI=1S/C32H27F4N3O3S/c1-19-3-9-26(13-20(19)2)43(41,42)27-10-4-22-15-29-21(18-38-39(29)25-7-5-24(33)6-8-25)16-31(22,17-27)30(40)28-14-23(11-12-37-28)32(34,35)36/h3,5-9,11-15,18,27H,4,10,16-17H2,1-2H3/t27-,31-/m0/s1. The van der Waals surface area contributed by atoms with E-state index < -0.39 is 43.8 Å². The van der Waals surface area contributed by atoms with E-state index in [-0.39, 0.29) is 36.3 Å². The summed E-state index contributed by atoms with van der Waals surface area (Å²) in [7, 11) is -3.89. The molecule has 0 aliphatic heterocycles. The Morgan fingerprint density at radius 1 is 1.02 bits per heavy atom. The number of aromatic nitrogens is 3. The van der Waals surface area contributed by atoms with E-state index in [0.29, 0.717) is 22.5 Å². The molecule has 0 bridgehead atoms. The smallest absolute Gasteiger partial charge is 0.291 e. The van der Waals surface area contributed by atoms with Crippen LogP contribution in [0.4, 0.5) is 17.6 Å². The summed E-state index contributed by atoms with van der Waals surface area (Å²) < 4.78 is 83.8. The van der Waals surface area contributed by atoms with Crippen LogP contribution in [-0.2, 0) is 22.4 Å². The number of aryl methyl sites for hydroxylation is 2. The lowest BCUT2D eigenvalue weighted by Crippen LogP contribution is -2.46. The average molecular weight is 610 g/mol. The van der Waals surface area contributed by atoms with Crippen molar-refractivity contribution in [3.8, 4) is 5.69 Å². The molecule has 2 aliphatic rings. The molecular weight excluding hydrogens is 582 g/mol. The van der Waals surface area contributed by atoms with E-state index >= 15 is 0 Å². The molecule has 0 N–H and O–H groups in total. The number of Topliss-reactive ketones (excluding diaryl/α,β-unsaturated/α-hetero) is 1. The van der Waals surface area contributed by atoms with Crippen LogP contribution in [0.3, 0.4) is 0 Å². The number of carbonyl (C=O) groups excluding carboxylic acids is 1. The van der Waals surface area contributed by atoms with Gasteiger partial charge in [0.05, 0.1) is 38.7 Å². The molecule has 2 aromatic carbocycles. The lowest BCUT2D eigenvalue weighted by Gasteiger charge is -2.43. The summed E-state index contributed by atoms with van der Waals surface area (Å²) in [4.78, 5) is 18.5. The number of fused-ring (bicyclic) bond motifs is 2. The maximum absolute atomic E-state index is 14.3. The molecule has 2 aromatic heterocycles. The molecule has 43 heavy (non-hydrogen) atoms. The van der Waals surface area contributed by atoms with Crippen LogP contribution < -0.4 is 0 Å². The second-order valence-electron chi connectivity index (χ2n) is 11.3. The van der Waals surface area contributed by atoms with E-state index in [1.807, 2.05) is 13.8 Å². The zero-order valence-corrected chi connectivity index (χ0v) is 24.1. The normalized spacial score (nSPS) is 20.2. The number of sulfone groups is 1. The Labute approximate surface area is 246 Å². The first kappa shape index (κ1) is 29.0. The number of pyridine rings is 1. The van der Waals surface area contributed by atoms with E-state index in [2.05, 4.69) is 10.1 Å². The van der Waals surface area contributed by atoms with Gasteiger partial charge in [-0.2, -0.15) is 18.3 Å². The number of alkyl halides is 3. The Kier molecular flexibility index (Phi) is 6.91. The molecule has 222 valence electrons. The third-order valence-electron chi connectivity index (χ3n) is 8.69. The quantitative estimate of drug-likeness (QED) is 0.182. The zero-order chi connectivity index (χ0) is 30.7. The van der Waals surface area contributed by atoms with Crippen LogP contribution in [0.5, 0.6) is 0 Å². The summed E-state index contributed by atoms with van der Waals surface area (Å²) in [6, 6.07) is 12.2. The highest BCUT2D eigenvalue weighted by atomic mass is 32.2. The number of ketones is 1. The first-order valence-corrected chi connectivity index (χ1v) is 15.3. The van der Waals surface area contributed by atoms with Gasteiger partial charge >= 0.3 is 6.18 Å². The van der Waals surface area contributed by atoms with E-state index in [0.717, 1.165) is 29.5 Å². The minimum Gasteiger partial charge on any atom is -0.291 e. The van der Waals surface area contributed by atoms with Crippen molar-refractivity contribution >= 4 is 21.7 Å². The molecule has 1 fully saturated rings. The number of halogens is 4. The van der Waals surface area contributed by atoms with Gasteiger partial charge in [0.2, 0.25) is 0 Å². The van der Waals surface area contributed by atoms with Gasteiger partial charge in [0, 0.05) is 6.20 Å². The van der Waals surface area contributed by atoms with E-state index in [1.165, 1.54) is 12.1 Å². The number of rotatable bonds is 5. The number of nitrogens with zero attached hydrogens (tertiary/aromatic N) is 3.